The molecule has 29 heavy (non-hydrogen) atoms. The van der Waals surface area contributed by atoms with Crippen LogP contribution in [0.15, 0.2) is 18.2 Å². The molecule has 0 heterocycles. The Morgan fingerprint density at radius 2 is 1.55 bits per heavy atom. The van der Waals surface area contributed by atoms with Crippen molar-refractivity contribution in [3.63, 3.8) is 0 Å². The number of halogens is 2. The van der Waals surface area contributed by atoms with Crippen LogP contribution in [0.3, 0.4) is 0 Å². The maximum Gasteiger partial charge on any atom is 0.365 e. The Morgan fingerprint density at radius 1 is 0.966 bits per heavy atom. The smallest absolute Gasteiger partial charge is 0.365 e. The molecule has 0 saturated heterocycles. The van der Waals surface area contributed by atoms with Gasteiger partial charge < -0.3 is 9.22 Å². The number of hydrogen-bond acceptors (Lipinski definition) is 2. The quantitative estimate of drug-likeness (QED) is 0.169. The van der Waals surface area contributed by atoms with Crippen LogP contribution in [0.25, 0.3) is 0 Å². The van der Waals surface area contributed by atoms with E-state index < -0.39 is 0 Å². The minimum absolute atomic E-state index is 0.103. The monoisotopic (exact) mass is 444 g/mol. The van der Waals surface area contributed by atoms with Crippen LogP contribution in [0.1, 0.15) is 84.1 Å². The van der Waals surface area contributed by atoms with Crippen molar-refractivity contribution in [2.24, 2.45) is 0 Å². The average Bonchev–Trinajstić information content (AvgIpc) is 2.62. The number of carbonyl (C=O) groups excluding carboxylic acids is 1. The van der Waals surface area contributed by atoms with Crippen molar-refractivity contribution >= 4 is 29.2 Å². The summed E-state index contributed by atoms with van der Waals surface area (Å²) in [6.07, 6.45) is 10.8. The molecule has 0 saturated carbocycles. The Kier molecular flexibility index (Phi) is 12.2. The molecular formula is C24H40Cl2NO2+. The van der Waals surface area contributed by atoms with E-state index in [-0.39, 0.29) is 18.1 Å². The molecule has 0 fully saturated rings. The van der Waals surface area contributed by atoms with Crippen LogP contribution < -0.4 is 0 Å². The molecule has 0 aliphatic rings. The lowest BCUT2D eigenvalue weighted by Crippen LogP contribution is -2.53. The molecule has 0 aliphatic carbocycles. The van der Waals surface area contributed by atoms with Crippen molar-refractivity contribution in [2.75, 3.05) is 14.1 Å². The number of esters is 1. The molecule has 0 bridgehead atoms. The number of ether oxygens (including phenoxy) is 1. The largest absolute Gasteiger partial charge is 0.459 e. The van der Waals surface area contributed by atoms with Gasteiger partial charge in [-0.15, -0.1) is 0 Å². The van der Waals surface area contributed by atoms with Gasteiger partial charge in [0.25, 0.3) is 0 Å². The van der Waals surface area contributed by atoms with Crippen molar-refractivity contribution in [1.82, 2.24) is 0 Å². The highest BCUT2D eigenvalue weighted by Gasteiger charge is 2.36. The molecule has 5 heteroatoms. The summed E-state index contributed by atoms with van der Waals surface area (Å²) in [5.41, 5.74) is 1.07. The second-order valence-electron chi connectivity index (χ2n) is 8.95. The zero-order valence-corrected chi connectivity index (χ0v) is 20.5. The predicted octanol–water partition coefficient (Wildman–Crippen LogP) is 7.42. The fraction of sp³-hybridized carbons (Fsp3) is 0.708. The number of rotatable bonds is 14. The van der Waals surface area contributed by atoms with Crippen LogP contribution in [0, 0.1) is 0 Å². The van der Waals surface area contributed by atoms with Gasteiger partial charge in [0.2, 0.25) is 0 Å². The minimum atomic E-state index is -0.188. The number of benzene rings is 1. The maximum absolute atomic E-state index is 12.9. The normalized spacial score (nSPS) is 13.0. The lowest BCUT2D eigenvalue weighted by Gasteiger charge is -2.37. The summed E-state index contributed by atoms with van der Waals surface area (Å²) >= 11 is 12.2. The highest BCUT2D eigenvalue weighted by Crippen LogP contribution is 2.26. The van der Waals surface area contributed by atoms with Gasteiger partial charge in [0.15, 0.2) is 6.04 Å². The SMILES string of the molecule is CCCCCCCCCC[C@@H](C(=O)OC(C)C)[N+](C)(C)Cc1ccc(Cl)c(Cl)c1. The molecule has 0 unspecified atom stereocenters. The lowest BCUT2D eigenvalue weighted by atomic mass is 10.0. The highest BCUT2D eigenvalue weighted by atomic mass is 35.5. The number of likely N-dealkylation sites (N-methyl/N-ethyl adjacent to an activating group) is 1. The van der Waals surface area contributed by atoms with E-state index in [0.717, 1.165) is 18.4 Å². The Bertz CT molecular complexity index is 617. The van der Waals surface area contributed by atoms with Crippen molar-refractivity contribution in [3.8, 4) is 0 Å². The zero-order chi connectivity index (χ0) is 21.9. The van der Waals surface area contributed by atoms with Crippen molar-refractivity contribution in [2.45, 2.75) is 97.2 Å². The Balaban J connectivity index is 2.69. The number of nitrogens with zero attached hydrogens (tertiary/aromatic N) is 1. The molecule has 1 atom stereocenters. The van der Waals surface area contributed by atoms with Crippen LogP contribution in [0.2, 0.25) is 10.0 Å². The van der Waals surface area contributed by atoms with E-state index in [0.29, 0.717) is 21.1 Å². The Labute approximate surface area is 188 Å². The maximum atomic E-state index is 12.9. The minimum Gasteiger partial charge on any atom is -0.459 e. The first-order valence-electron chi connectivity index (χ1n) is 11.1. The third-order valence-electron chi connectivity index (χ3n) is 5.37. The second kappa shape index (κ2) is 13.5. The lowest BCUT2D eigenvalue weighted by molar-refractivity contribution is -0.920. The molecule has 0 spiro atoms. The van der Waals surface area contributed by atoms with E-state index in [1.54, 1.807) is 0 Å². The molecule has 0 aliphatic heterocycles. The molecule has 0 radical (unpaired) electrons. The van der Waals surface area contributed by atoms with Gasteiger partial charge in [-0.2, -0.15) is 0 Å². The topological polar surface area (TPSA) is 26.3 Å². The van der Waals surface area contributed by atoms with Gasteiger partial charge in [0.1, 0.15) is 6.54 Å². The van der Waals surface area contributed by atoms with Crippen LogP contribution >= 0.6 is 23.2 Å². The third-order valence-corrected chi connectivity index (χ3v) is 6.11. The van der Waals surface area contributed by atoms with Crippen LogP contribution in [-0.4, -0.2) is 36.7 Å². The van der Waals surface area contributed by atoms with E-state index in [2.05, 4.69) is 21.0 Å². The Hall–Kier alpha value is -0.770. The van der Waals surface area contributed by atoms with Gasteiger partial charge in [-0.05, 0) is 32.4 Å². The fourth-order valence-corrected chi connectivity index (χ4v) is 4.07. The van der Waals surface area contributed by atoms with Gasteiger partial charge >= 0.3 is 5.97 Å². The average molecular weight is 445 g/mol. The van der Waals surface area contributed by atoms with Crippen LogP contribution in [0.4, 0.5) is 0 Å². The number of quaternary nitrogens is 1. The molecule has 0 N–H and O–H groups in total. The second-order valence-corrected chi connectivity index (χ2v) is 9.76. The van der Waals surface area contributed by atoms with Gasteiger partial charge in [0, 0.05) is 12.0 Å². The first-order chi connectivity index (χ1) is 13.7. The molecule has 1 aromatic carbocycles. The van der Waals surface area contributed by atoms with Gasteiger partial charge in [-0.25, -0.2) is 4.79 Å². The van der Waals surface area contributed by atoms with E-state index in [4.69, 9.17) is 27.9 Å². The summed E-state index contributed by atoms with van der Waals surface area (Å²) in [6, 6.07) is 5.51. The molecule has 0 aromatic heterocycles. The summed E-state index contributed by atoms with van der Waals surface area (Å²) in [6.45, 7) is 6.76. The summed E-state index contributed by atoms with van der Waals surface area (Å²) in [4.78, 5) is 12.9. The van der Waals surface area contributed by atoms with Gasteiger partial charge in [0.05, 0.1) is 30.2 Å². The van der Waals surface area contributed by atoms with Gasteiger partial charge in [-0.3, -0.25) is 0 Å². The molecule has 0 amide bonds. The van der Waals surface area contributed by atoms with E-state index in [9.17, 15) is 4.79 Å². The molecule has 1 rings (SSSR count). The first kappa shape index (κ1) is 26.3. The number of unbranched alkanes of at least 4 members (excludes halogenated alkanes) is 7. The van der Waals surface area contributed by atoms with E-state index >= 15 is 0 Å². The number of hydrogen-bond donors (Lipinski definition) is 0. The standard InChI is InChI=1S/C24H40Cl2NO2/c1-6-7-8-9-10-11-12-13-14-23(24(28)29-19(2)3)27(4,5)18-20-15-16-21(25)22(26)17-20/h15-17,19,23H,6-14,18H2,1-5H3/q+1/t23-/m0/s1. The van der Waals surface area contributed by atoms with Crippen LogP contribution in [0.5, 0.6) is 0 Å². The zero-order valence-electron chi connectivity index (χ0n) is 19.0. The van der Waals surface area contributed by atoms with Crippen molar-refractivity contribution < 1.29 is 14.0 Å². The van der Waals surface area contributed by atoms with Crippen LogP contribution in [-0.2, 0) is 16.1 Å². The number of carbonyl (C=O) groups is 1. The first-order valence-corrected chi connectivity index (χ1v) is 11.9. The molecular weight excluding hydrogens is 405 g/mol. The van der Waals surface area contributed by atoms with E-state index in [1.807, 2.05) is 32.0 Å². The summed E-state index contributed by atoms with van der Waals surface area (Å²) in [5.74, 6) is -0.104. The third kappa shape index (κ3) is 10.2. The predicted molar refractivity (Wildman–Crippen MR) is 125 cm³/mol. The summed E-state index contributed by atoms with van der Waals surface area (Å²) < 4.78 is 6.14. The van der Waals surface area contributed by atoms with E-state index in [1.165, 1.54) is 44.9 Å². The van der Waals surface area contributed by atoms with Gasteiger partial charge in [-0.1, -0.05) is 81.1 Å². The molecule has 166 valence electrons. The highest BCUT2D eigenvalue weighted by molar-refractivity contribution is 6.42. The summed E-state index contributed by atoms with van der Waals surface area (Å²) in [7, 11) is 4.19. The molecule has 1 aromatic rings. The van der Waals surface area contributed by atoms with Crippen molar-refractivity contribution in [3.05, 3.63) is 33.8 Å². The van der Waals surface area contributed by atoms with Crippen molar-refractivity contribution in [1.29, 1.82) is 0 Å². The summed E-state index contributed by atoms with van der Waals surface area (Å²) in [5, 5.41) is 1.10. The Morgan fingerprint density at radius 3 is 2.10 bits per heavy atom. The molecule has 3 nitrogen and oxygen atoms in total. The fourth-order valence-electron chi connectivity index (χ4n) is 3.75.